The fourth-order valence-corrected chi connectivity index (χ4v) is 3.73. The summed E-state index contributed by atoms with van der Waals surface area (Å²) in [5.41, 5.74) is 7.55. The van der Waals surface area contributed by atoms with E-state index in [0.717, 1.165) is 48.3 Å². The van der Waals surface area contributed by atoms with Crippen molar-refractivity contribution in [3.05, 3.63) is 30.3 Å². The molecule has 1 aliphatic carbocycles. The van der Waals surface area contributed by atoms with E-state index < -0.39 is 0 Å². The molecule has 0 bridgehead atoms. The predicted octanol–water partition coefficient (Wildman–Crippen LogP) is 2.02. The minimum atomic E-state index is -0.120. The van der Waals surface area contributed by atoms with E-state index >= 15 is 0 Å². The van der Waals surface area contributed by atoms with Gasteiger partial charge in [-0.25, -0.2) is 4.98 Å². The predicted molar refractivity (Wildman–Crippen MR) is 80.6 cm³/mol. The molecular formula is C16H19N3O. The topological polar surface area (TPSA) is 62.4 Å². The average molecular weight is 269 g/mol. The maximum absolute atomic E-state index is 10.0. The summed E-state index contributed by atoms with van der Waals surface area (Å²) >= 11 is 0. The molecule has 1 aromatic heterocycles. The lowest BCUT2D eigenvalue weighted by molar-refractivity contribution is 0.133. The second-order valence-corrected chi connectivity index (χ2v) is 6.10. The number of anilines is 2. The van der Waals surface area contributed by atoms with E-state index in [0.29, 0.717) is 11.8 Å². The molecule has 104 valence electrons. The van der Waals surface area contributed by atoms with Crippen LogP contribution in [0.3, 0.4) is 0 Å². The molecule has 1 aliphatic heterocycles. The number of fused-ring (bicyclic) bond motifs is 2. The zero-order valence-corrected chi connectivity index (χ0v) is 11.4. The Morgan fingerprint density at radius 1 is 1.15 bits per heavy atom. The Kier molecular flexibility index (Phi) is 2.60. The number of aliphatic hydroxyl groups excluding tert-OH is 1. The number of nitrogen functional groups attached to an aromatic ring is 1. The average Bonchev–Trinajstić information content (AvgIpc) is 3.01. The van der Waals surface area contributed by atoms with Crippen LogP contribution >= 0.6 is 0 Å². The van der Waals surface area contributed by atoms with Crippen LogP contribution in [0.1, 0.15) is 12.8 Å². The number of hydrogen-bond acceptors (Lipinski definition) is 4. The second kappa shape index (κ2) is 4.35. The van der Waals surface area contributed by atoms with Gasteiger partial charge in [0.15, 0.2) is 0 Å². The van der Waals surface area contributed by atoms with Crippen molar-refractivity contribution in [3.63, 3.8) is 0 Å². The minimum Gasteiger partial charge on any atom is -0.399 e. The van der Waals surface area contributed by atoms with E-state index in [2.05, 4.69) is 17.0 Å². The lowest BCUT2D eigenvalue weighted by Gasteiger charge is -2.19. The number of nitrogens with two attached hydrogens (primary N) is 1. The van der Waals surface area contributed by atoms with Crippen molar-refractivity contribution in [1.82, 2.24) is 4.98 Å². The molecule has 2 aromatic rings. The fraction of sp³-hybridized carbons (Fsp3) is 0.438. The van der Waals surface area contributed by atoms with Gasteiger partial charge in [-0.1, -0.05) is 0 Å². The number of aliphatic hydroxyl groups is 1. The molecule has 1 saturated heterocycles. The first-order valence-electron chi connectivity index (χ1n) is 7.30. The molecule has 4 rings (SSSR count). The Hall–Kier alpha value is -1.81. The summed E-state index contributed by atoms with van der Waals surface area (Å²) in [6.07, 6.45) is 1.99. The van der Waals surface area contributed by atoms with Crippen LogP contribution in [-0.4, -0.2) is 29.3 Å². The zero-order chi connectivity index (χ0) is 13.7. The standard InChI is InChI=1S/C16H19N3O/c17-12-3-4-14-10(7-12)2-6-16(18-14)19-8-11-1-5-15(20)13(11)9-19/h2-4,6-7,11,13,15,20H,1,5,8-9,17H2. The number of benzene rings is 1. The van der Waals surface area contributed by atoms with Crippen molar-refractivity contribution in [2.45, 2.75) is 18.9 Å². The Bertz CT molecular complexity index is 657. The molecule has 20 heavy (non-hydrogen) atoms. The highest BCUT2D eigenvalue weighted by Crippen LogP contribution is 2.39. The van der Waals surface area contributed by atoms with Crippen molar-refractivity contribution < 1.29 is 5.11 Å². The van der Waals surface area contributed by atoms with Gasteiger partial charge in [0.2, 0.25) is 0 Å². The summed E-state index contributed by atoms with van der Waals surface area (Å²) < 4.78 is 0. The van der Waals surface area contributed by atoms with Crippen LogP contribution in [0.5, 0.6) is 0 Å². The number of hydrogen-bond donors (Lipinski definition) is 2. The molecule has 3 atom stereocenters. The first-order valence-corrected chi connectivity index (χ1v) is 7.30. The van der Waals surface area contributed by atoms with Crippen LogP contribution in [0.15, 0.2) is 30.3 Å². The Morgan fingerprint density at radius 3 is 2.90 bits per heavy atom. The molecule has 4 nitrogen and oxygen atoms in total. The maximum atomic E-state index is 10.0. The van der Waals surface area contributed by atoms with Crippen LogP contribution in [0.4, 0.5) is 11.5 Å². The van der Waals surface area contributed by atoms with Crippen LogP contribution in [-0.2, 0) is 0 Å². The summed E-state index contributed by atoms with van der Waals surface area (Å²) in [7, 11) is 0. The summed E-state index contributed by atoms with van der Waals surface area (Å²) in [5.74, 6) is 2.08. The number of nitrogens with zero attached hydrogens (tertiary/aromatic N) is 2. The van der Waals surface area contributed by atoms with Gasteiger partial charge in [-0.15, -0.1) is 0 Å². The minimum absolute atomic E-state index is 0.120. The first-order chi connectivity index (χ1) is 9.70. The van der Waals surface area contributed by atoms with Crippen molar-refractivity contribution in [2.75, 3.05) is 23.7 Å². The molecule has 0 amide bonds. The lowest BCUT2D eigenvalue weighted by Crippen LogP contribution is -2.25. The first kappa shape index (κ1) is 12.0. The SMILES string of the molecule is Nc1ccc2nc(N3CC4CCC(O)C4C3)ccc2c1. The van der Waals surface area contributed by atoms with Gasteiger partial charge in [-0.2, -0.15) is 0 Å². The highest BCUT2D eigenvalue weighted by Gasteiger charge is 2.42. The van der Waals surface area contributed by atoms with Crippen molar-refractivity contribution in [2.24, 2.45) is 11.8 Å². The third kappa shape index (κ3) is 1.83. The van der Waals surface area contributed by atoms with Crippen molar-refractivity contribution in [3.8, 4) is 0 Å². The van der Waals surface area contributed by atoms with Gasteiger partial charge in [-0.05, 0) is 49.1 Å². The van der Waals surface area contributed by atoms with Gasteiger partial charge in [0.25, 0.3) is 0 Å². The quantitative estimate of drug-likeness (QED) is 0.778. The van der Waals surface area contributed by atoms with Crippen LogP contribution in [0, 0.1) is 11.8 Å². The highest BCUT2D eigenvalue weighted by molar-refractivity contribution is 5.83. The van der Waals surface area contributed by atoms with Crippen LogP contribution in [0.2, 0.25) is 0 Å². The van der Waals surface area contributed by atoms with E-state index in [1.165, 1.54) is 0 Å². The highest BCUT2D eigenvalue weighted by atomic mass is 16.3. The largest absolute Gasteiger partial charge is 0.399 e. The van der Waals surface area contributed by atoms with Crippen molar-refractivity contribution >= 4 is 22.4 Å². The molecular weight excluding hydrogens is 250 g/mol. The summed E-state index contributed by atoms with van der Waals surface area (Å²) in [5, 5.41) is 11.1. The monoisotopic (exact) mass is 269 g/mol. The zero-order valence-electron chi connectivity index (χ0n) is 11.4. The fourth-order valence-electron chi connectivity index (χ4n) is 3.73. The van der Waals surface area contributed by atoms with E-state index in [-0.39, 0.29) is 6.10 Å². The van der Waals surface area contributed by atoms with Gasteiger partial charge < -0.3 is 15.7 Å². The third-order valence-electron chi connectivity index (χ3n) is 4.84. The summed E-state index contributed by atoms with van der Waals surface area (Å²) in [6, 6.07) is 9.96. The van der Waals surface area contributed by atoms with Crippen LogP contribution < -0.4 is 10.6 Å². The Labute approximate surface area is 118 Å². The molecule has 2 fully saturated rings. The molecule has 3 unspecified atom stereocenters. The molecule has 3 N–H and O–H groups in total. The van der Waals surface area contributed by atoms with Gasteiger partial charge in [0, 0.05) is 30.1 Å². The van der Waals surface area contributed by atoms with Gasteiger partial charge in [-0.3, -0.25) is 0 Å². The molecule has 1 saturated carbocycles. The normalized spacial score (nSPS) is 29.1. The Balaban J connectivity index is 1.65. The smallest absolute Gasteiger partial charge is 0.129 e. The second-order valence-electron chi connectivity index (χ2n) is 6.10. The Morgan fingerprint density at radius 2 is 2.05 bits per heavy atom. The molecule has 2 heterocycles. The van der Waals surface area contributed by atoms with Gasteiger partial charge in [0.05, 0.1) is 11.6 Å². The summed E-state index contributed by atoms with van der Waals surface area (Å²) in [4.78, 5) is 7.05. The van der Waals surface area contributed by atoms with Crippen molar-refractivity contribution in [1.29, 1.82) is 0 Å². The number of pyridine rings is 1. The third-order valence-corrected chi connectivity index (χ3v) is 4.84. The number of aromatic nitrogens is 1. The van der Waals surface area contributed by atoms with Gasteiger partial charge >= 0.3 is 0 Å². The van der Waals surface area contributed by atoms with E-state index in [1.807, 2.05) is 18.2 Å². The molecule has 0 spiro atoms. The molecule has 4 heteroatoms. The summed E-state index contributed by atoms with van der Waals surface area (Å²) in [6.45, 7) is 1.95. The molecule has 0 radical (unpaired) electrons. The molecule has 2 aliphatic rings. The molecule has 1 aromatic carbocycles. The van der Waals surface area contributed by atoms with E-state index in [4.69, 9.17) is 10.7 Å². The maximum Gasteiger partial charge on any atom is 0.129 e. The lowest BCUT2D eigenvalue weighted by atomic mass is 10.00. The van der Waals surface area contributed by atoms with Gasteiger partial charge in [0.1, 0.15) is 5.82 Å². The van der Waals surface area contributed by atoms with Crippen LogP contribution in [0.25, 0.3) is 10.9 Å². The number of rotatable bonds is 1. The van der Waals surface area contributed by atoms with E-state index in [9.17, 15) is 5.11 Å². The van der Waals surface area contributed by atoms with E-state index in [1.54, 1.807) is 0 Å².